The van der Waals surface area contributed by atoms with Gasteiger partial charge in [-0.2, -0.15) is 0 Å². The third kappa shape index (κ3) is 2.56. The Bertz CT molecular complexity index is 447. The summed E-state index contributed by atoms with van der Waals surface area (Å²) in [4.78, 5) is 21.3. The highest BCUT2D eigenvalue weighted by Gasteiger charge is 2.20. The van der Waals surface area contributed by atoms with E-state index in [-0.39, 0.29) is 28.8 Å². The number of nitro benzene ring substituents is 1. The molecule has 0 aromatic heterocycles. The number of phenolic OH excluding ortho intramolecular Hbond substituents is 1. The summed E-state index contributed by atoms with van der Waals surface area (Å²) in [5.74, 6) is -0.791. The maximum absolute atomic E-state index is 11.5. The molecule has 86 valence electrons. The van der Waals surface area contributed by atoms with E-state index in [1.807, 2.05) is 0 Å². The second-order valence-corrected chi connectivity index (χ2v) is 3.90. The van der Waals surface area contributed by atoms with Crippen molar-refractivity contribution in [3.05, 3.63) is 32.3 Å². The normalized spacial score (nSPS) is 10.1. The number of carbonyl (C=O) groups excluding carboxylic acids is 1. The van der Waals surface area contributed by atoms with Crippen molar-refractivity contribution in [2.75, 3.05) is 6.54 Å². The standard InChI is InChI=1S/C9H9BrN2O4/c10-6-3-5(8(13)1-2-11)4-7(9(6)14)12(15)16/h3-4,14H,1-2,11H2. The molecule has 0 aliphatic heterocycles. The number of hydrogen-bond acceptors (Lipinski definition) is 5. The number of carbonyl (C=O) groups is 1. The maximum Gasteiger partial charge on any atom is 0.312 e. The second-order valence-electron chi connectivity index (χ2n) is 3.04. The van der Waals surface area contributed by atoms with E-state index in [0.29, 0.717) is 0 Å². The van der Waals surface area contributed by atoms with Crippen LogP contribution in [0.5, 0.6) is 5.75 Å². The summed E-state index contributed by atoms with van der Waals surface area (Å²) < 4.78 is 0.113. The predicted octanol–water partition coefficient (Wildman–Crippen LogP) is 1.59. The van der Waals surface area contributed by atoms with Crippen molar-refractivity contribution < 1.29 is 14.8 Å². The Balaban J connectivity index is 3.24. The van der Waals surface area contributed by atoms with Crippen LogP contribution in [0.15, 0.2) is 16.6 Å². The van der Waals surface area contributed by atoms with Crippen molar-refractivity contribution in [2.24, 2.45) is 5.73 Å². The summed E-state index contributed by atoms with van der Waals surface area (Å²) >= 11 is 2.95. The molecule has 1 aromatic carbocycles. The third-order valence-electron chi connectivity index (χ3n) is 1.93. The van der Waals surface area contributed by atoms with Gasteiger partial charge in [-0.15, -0.1) is 0 Å². The largest absolute Gasteiger partial charge is 0.501 e. The van der Waals surface area contributed by atoms with Crippen molar-refractivity contribution >= 4 is 27.4 Å². The van der Waals surface area contributed by atoms with Crippen LogP contribution in [0.25, 0.3) is 0 Å². The van der Waals surface area contributed by atoms with Crippen LogP contribution in [-0.4, -0.2) is 22.4 Å². The predicted molar refractivity (Wildman–Crippen MR) is 60.5 cm³/mol. The van der Waals surface area contributed by atoms with E-state index in [2.05, 4.69) is 15.9 Å². The monoisotopic (exact) mass is 288 g/mol. The molecular weight excluding hydrogens is 280 g/mol. The molecular formula is C9H9BrN2O4. The van der Waals surface area contributed by atoms with Crippen LogP contribution < -0.4 is 5.73 Å². The van der Waals surface area contributed by atoms with Gasteiger partial charge in [0.15, 0.2) is 5.78 Å². The summed E-state index contributed by atoms with van der Waals surface area (Å²) in [5, 5.41) is 20.0. The summed E-state index contributed by atoms with van der Waals surface area (Å²) in [5.41, 5.74) is 4.87. The molecule has 3 N–H and O–H groups in total. The van der Waals surface area contributed by atoms with Crippen molar-refractivity contribution in [3.8, 4) is 5.75 Å². The van der Waals surface area contributed by atoms with Gasteiger partial charge in [0.2, 0.25) is 5.75 Å². The van der Waals surface area contributed by atoms with Crippen LogP contribution in [0.1, 0.15) is 16.8 Å². The zero-order chi connectivity index (χ0) is 12.3. The van der Waals surface area contributed by atoms with Gasteiger partial charge in [-0.05, 0) is 28.5 Å². The van der Waals surface area contributed by atoms with Crippen LogP contribution in [0.4, 0.5) is 5.69 Å². The highest BCUT2D eigenvalue weighted by molar-refractivity contribution is 9.10. The van der Waals surface area contributed by atoms with Crippen LogP contribution in [-0.2, 0) is 0 Å². The Hall–Kier alpha value is -1.47. The molecule has 0 saturated heterocycles. The van der Waals surface area contributed by atoms with Crippen molar-refractivity contribution in [1.29, 1.82) is 0 Å². The van der Waals surface area contributed by atoms with Crippen LogP contribution in [0.2, 0.25) is 0 Å². The molecule has 1 rings (SSSR count). The highest BCUT2D eigenvalue weighted by atomic mass is 79.9. The number of hydrogen-bond donors (Lipinski definition) is 2. The number of Topliss-reactive ketones (excluding diaryl/α,β-unsaturated/α-hetero) is 1. The quantitative estimate of drug-likeness (QED) is 0.497. The number of nitro groups is 1. The number of rotatable bonds is 4. The first-order valence-corrected chi connectivity index (χ1v) is 5.16. The van der Waals surface area contributed by atoms with Crippen molar-refractivity contribution in [1.82, 2.24) is 0 Å². The Kier molecular flexibility index (Phi) is 3.97. The summed E-state index contributed by atoms with van der Waals surface area (Å²) in [6.07, 6.45) is 0.106. The lowest BCUT2D eigenvalue weighted by Gasteiger charge is -2.03. The minimum Gasteiger partial charge on any atom is -0.501 e. The molecule has 0 aliphatic rings. The summed E-state index contributed by atoms with van der Waals surface area (Å²) in [6, 6.07) is 2.37. The fourth-order valence-electron chi connectivity index (χ4n) is 1.16. The first-order chi connectivity index (χ1) is 7.47. The molecule has 0 amide bonds. The lowest BCUT2D eigenvalue weighted by Crippen LogP contribution is -2.08. The molecule has 0 unspecified atom stereocenters. The number of nitrogens with zero attached hydrogens (tertiary/aromatic N) is 1. The van der Waals surface area contributed by atoms with E-state index in [1.54, 1.807) is 0 Å². The van der Waals surface area contributed by atoms with Gasteiger partial charge in [-0.3, -0.25) is 14.9 Å². The van der Waals surface area contributed by atoms with Gasteiger partial charge in [0.1, 0.15) is 0 Å². The Morgan fingerprint density at radius 2 is 2.19 bits per heavy atom. The zero-order valence-electron chi connectivity index (χ0n) is 8.14. The molecule has 6 nitrogen and oxygen atoms in total. The molecule has 0 fully saturated rings. The molecule has 16 heavy (non-hydrogen) atoms. The molecule has 1 aromatic rings. The molecule has 0 heterocycles. The Labute approximate surface area is 99.3 Å². The van der Waals surface area contributed by atoms with E-state index >= 15 is 0 Å². The number of benzene rings is 1. The summed E-state index contributed by atoms with van der Waals surface area (Å²) in [6.45, 7) is 0.172. The lowest BCUT2D eigenvalue weighted by atomic mass is 10.1. The minimum atomic E-state index is -0.751. The minimum absolute atomic E-state index is 0.106. The smallest absolute Gasteiger partial charge is 0.312 e. The Morgan fingerprint density at radius 1 is 1.56 bits per heavy atom. The van der Waals surface area contributed by atoms with Gasteiger partial charge < -0.3 is 10.8 Å². The number of halogens is 1. The van der Waals surface area contributed by atoms with Gasteiger partial charge in [-0.1, -0.05) is 0 Å². The second kappa shape index (κ2) is 5.04. The fraction of sp³-hybridized carbons (Fsp3) is 0.222. The van der Waals surface area contributed by atoms with Gasteiger partial charge in [0, 0.05) is 18.1 Å². The number of nitrogens with two attached hydrogens (primary N) is 1. The molecule has 0 aliphatic carbocycles. The number of ketones is 1. The SMILES string of the molecule is NCCC(=O)c1cc(Br)c(O)c([N+](=O)[O-])c1. The molecule has 0 spiro atoms. The van der Waals surface area contributed by atoms with Gasteiger partial charge >= 0.3 is 5.69 Å². The van der Waals surface area contributed by atoms with Gasteiger partial charge in [-0.25, -0.2) is 0 Å². The maximum atomic E-state index is 11.5. The highest BCUT2D eigenvalue weighted by Crippen LogP contribution is 2.35. The van der Waals surface area contributed by atoms with E-state index in [1.165, 1.54) is 6.07 Å². The Morgan fingerprint density at radius 3 is 2.69 bits per heavy atom. The fourth-order valence-corrected chi connectivity index (χ4v) is 1.61. The average Bonchev–Trinajstić information content (AvgIpc) is 2.21. The van der Waals surface area contributed by atoms with Crippen LogP contribution >= 0.6 is 15.9 Å². The molecule has 0 bridgehead atoms. The van der Waals surface area contributed by atoms with Gasteiger partial charge in [0.25, 0.3) is 0 Å². The first kappa shape index (κ1) is 12.6. The third-order valence-corrected chi connectivity index (χ3v) is 2.54. The topological polar surface area (TPSA) is 106 Å². The van der Waals surface area contributed by atoms with Crippen LogP contribution in [0.3, 0.4) is 0 Å². The molecule has 0 saturated carbocycles. The summed E-state index contributed by atoms with van der Waals surface area (Å²) in [7, 11) is 0. The zero-order valence-corrected chi connectivity index (χ0v) is 9.73. The van der Waals surface area contributed by atoms with Gasteiger partial charge in [0.05, 0.1) is 9.40 Å². The van der Waals surface area contributed by atoms with E-state index in [4.69, 9.17) is 5.73 Å². The van der Waals surface area contributed by atoms with Crippen LogP contribution in [0, 0.1) is 10.1 Å². The number of aromatic hydroxyl groups is 1. The van der Waals surface area contributed by atoms with E-state index in [0.717, 1.165) is 6.07 Å². The first-order valence-electron chi connectivity index (χ1n) is 4.37. The molecule has 0 radical (unpaired) electrons. The van der Waals surface area contributed by atoms with Crippen molar-refractivity contribution in [2.45, 2.75) is 6.42 Å². The van der Waals surface area contributed by atoms with E-state index in [9.17, 15) is 20.0 Å². The average molecular weight is 289 g/mol. The number of phenols is 1. The molecule has 7 heteroatoms. The lowest BCUT2D eigenvalue weighted by molar-refractivity contribution is -0.386. The van der Waals surface area contributed by atoms with E-state index < -0.39 is 16.4 Å². The van der Waals surface area contributed by atoms with Crippen molar-refractivity contribution in [3.63, 3.8) is 0 Å². The molecule has 0 atom stereocenters.